The van der Waals surface area contributed by atoms with Gasteiger partial charge < -0.3 is 9.64 Å². The Labute approximate surface area is 178 Å². The van der Waals surface area contributed by atoms with Crippen LogP contribution in [0.25, 0.3) is 0 Å². The number of carbonyl (C=O) groups excluding carboxylic acids is 3. The number of aryl methyl sites for hydroxylation is 2. The Balaban J connectivity index is 1.48. The fraction of sp³-hybridized carbons (Fsp3) is 0.400. The average molecular weight is 408 g/mol. The predicted molar refractivity (Wildman–Crippen MR) is 116 cm³/mol. The van der Waals surface area contributed by atoms with Gasteiger partial charge in [-0.2, -0.15) is 0 Å². The molecule has 2 aromatic carbocycles. The quantitative estimate of drug-likeness (QED) is 0.639. The first kappa shape index (κ1) is 21.8. The van der Waals surface area contributed by atoms with E-state index in [1.165, 1.54) is 0 Å². The van der Waals surface area contributed by atoms with Crippen LogP contribution < -0.4 is 4.74 Å². The number of piperidine rings is 1. The molecule has 1 amide bonds. The van der Waals surface area contributed by atoms with Gasteiger partial charge in [-0.3, -0.25) is 14.4 Å². The van der Waals surface area contributed by atoms with E-state index in [0.717, 1.165) is 16.9 Å². The van der Waals surface area contributed by atoms with Crippen molar-refractivity contribution in [2.75, 3.05) is 20.2 Å². The topological polar surface area (TPSA) is 63.7 Å². The van der Waals surface area contributed by atoms with E-state index in [1.54, 1.807) is 36.3 Å². The number of Topliss-reactive ketones (excluding diaryl/α,β-unsaturated/α-hetero) is 2. The SMILES string of the molecule is COc1ccc(C(=O)C2CCN(C(=O)CCC(=O)c3ccc(C)c(C)c3)CC2)cc1. The summed E-state index contributed by atoms with van der Waals surface area (Å²) >= 11 is 0. The van der Waals surface area contributed by atoms with E-state index in [1.807, 2.05) is 32.0 Å². The zero-order chi connectivity index (χ0) is 21.7. The molecule has 1 heterocycles. The van der Waals surface area contributed by atoms with E-state index < -0.39 is 0 Å². The molecule has 30 heavy (non-hydrogen) atoms. The second kappa shape index (κ2) is 9.70. The van der Waals surface area contributed by atoms with Gasteiger partial charge in [0.15, 0.2) is 11.6 Å². The van der Waals surface area contributed by atoms with Gasteiger partial charge in [0.05, 0.1) is 7.11 Å². The lowest BCUT2D eigenvalue weighted by molar-refractivity contribution is -0.132. The van der Waals surface area contributed by atoms with Crippen LogP contribution in [0.4, 0.5) is 0 Å². The Morgan fingerprint density at radius 2 is 1.53 bits per heavy atom. The van der Waals surface area contributed by atoms with Crippen molar-refractivity contribution in [1.29, 1.82) is 0 Å². The van der Waals surface area contributed by atoms with Crippen LogP contribution >= 0.6 is 0 Å². The number of amides is 1. The van der Waals surface area contributed by atoms with Crippen molar-refractivity contribution in [2.24, 2.45) is 5.92 Å². The highest BCUT2D eigenvalue weighted by Gasteiger charge is 2.28. The van der Waals surface area contributed by atoms with Gasteiger partial charge in [0, 0.05) is 43.0 Å². The minimum absolute atomic E-state index is 0.00369. The summed E-state index contributed by atoms with van der Waals surface area (Å²) in [5, 5.41) is 0. The summed E-state index contributed by atoms with van der Waals surface area (Å²) in [6, 6.07) is 12.8. The number of methoxy groups -OCH3 is 1. The van der Waals surface area contributed by atoms with Gasteiger partial charge in [-0.05, 0) is 68.1 Å². The first-order chi connectivity index (χ1) is 14.4. The second-order valence-electron chi connectivity index (χ2n) is 7.97. The van der Waals surface area contributed by atoms with Crippen LogP contribution in [0, 0.1) is 19.8 Å². The highest BCUT2D eigenvalue weighted by atomic mass is 16.5. The number of hydrogen-bond donors (Lipinski definition) is 0. The van der Waals surface area contributed by atoms with Gasteiger partial charge >= 0.3 is 0 Å². The highest BCUT2D eigenvalue weighted by Crippen LogP contribution is 2.24. The smallest absolute Gasteiger partial charge is 0.223 e. The Kier molecular flexibility index (Phi) is 7.03. The molecule has 1 aliphatic heterocycles. The van der Waals surface area contributed by atoms with Crippen molar-refractivity contribution in [3.63, 3.8) is 0 Å². The van der Waals surface area contributed by atoms with Gasteiger partial charge in [0.2, 0.25) is 5.91 Å². The summed E-state index contributed by atoms with van der Waals surface area (Å²) in [5.74, 6) is 0.759. The zero-order valence-corrected chi connectivity index (χ0v) is 17.9. The largest absolute Gasteiger partial charge is 0.497 e. The Bertz CT molecular complexity index is 925. The second-order valence-corrected chi connectivity index (χ2v) is 7.97. The average Bonchev–Trinajstić information content (AvgIpc) is 2.78. The molecule has 1 aliphatic rings. The van der Waals surface area contributed by atoms with Gasteiger partial charge in [0.25, 0.3) is 0 Å². The third-order valence-electron chi connectivity index (χ3n) is 5.99. The molecule has 0 radical (unpaired) electrons. The maximum absolute atomic E-state index is 12.7. The van der Waals surface area contributed by atoms with Gasteiger partial charge in [0.1, 0.15) is 5.75 Å². The molecule has 0 saturated carbocycles. The first-order valence-corrected chi connectivity index (χ1v) is 10.5. The number of rotatable bonds is 7. The minimum Gasteiger partial charge on any atom is -0.497 e. The first-order valence-electron chi connectivity index (χ1n) is 10.5. The molecule has 0 atom stereocenters. The third kappa shape index (κ3) is 5.15. The maximum Gasteiger partial charge on any atom is 0.223 e. The summed E-state index contributed by atoms with van der Waals surface area (Å²) in [7, 11) is 1.60. The van der Waals surface area contributed by atoms with E-state index in [9.17, 15) is 14.4 Å². The molecule has 1 saturated heterocycles. The number of likely N-dealkylation sites (tertiary alicyclic amines) is 1. The Hall–Kier alpha value is -2.95. The van der Waals surface area contributed by atoms with Gasteiger partial charge in [-0.1, -0.05) is 12.1 Å². The molecule has 3 rings (SSSR count). The van der Waals surface area contributed by atoms with Crippen molar-refractivity contribution >= 4 is 17.5 Å². The molecule has 0 aliphatic carbocycles. The number of nitrogens with zero attached hydrogens (tertiary/aromatic N) is 1. The third-order valence-corrected chi connectivity index (χ3v) is 5.99. The number of ketones is 2. The molecule has 0 spiro atoms. The number of benzene rings is 2. The van der Waals surface area contributed by atoms with Crippen molar-refractivity contribution in [2.45, 2.75) is 39.5 Å². The minimum atomic E-state index is -0.0698. The Morgan fingerprint density at radius 1 is 0.900 bits per heavy atom. The standard InChI is InChI=1S/C25H29NO4/c1-17-4-5-21(16-18(17)2)23(27)10-11-24(28)26-14-12-20(13-15-26)25(29)19-6-8-22(30-3)9-7-19/h4-9,16,20H,10-15H2,1-3H3. The summed E-state index contributed by atoms with van der Waals surface area (Å²) < 4.78 is 5.13. The lowest BCUT2D eigenvalue weighted by atomic mass is 9.88. The molecule has 158 valence electrons. The fourth-order valence-electron chi connectivity index (χ4n) is 3.82. The van der Waals surface area contributed by atoms with Crippen LogP contribution in [0.2, 0.25) is 0 Å². The van der Waals surface area contributed by atoms with E-state index >= 15 is 0 Å². The molecule has 0 aromatic heterocycles. The van der Waals surface area contributed by atoms with Crippen LogP contribution in [0.5, 0.6) is 5.75 Å². The lowest BCUT2D eigenvalue weighted by Crippen LogP contribution is -2.40. The van der Waals surface area contributed by atoms with Gasteiger partial charge in [-0.15, -0.1) is 0 Å². The highest BCUT2D eigenvalue weighted by molar-refractivity contribution is 5.99. The number of carbonyl (C=O) groups is 3. The zero-order valence-electron chi connectivity index (χ0n) is 17.9. The maximum atomic E-state index is 12.7. The van der Waals surface area contributed by atoms with Crippen molar-refractivity contribution < 1.29 is 19.1 Å². The number of ether oxygens (including phenoxy) is 1. The van der Waals surface area contributed by atoms with Crippen molar-refractivity contribution in [3.05, 3.63) is 64.7 Å². The molecule has 1 fully saturated rings. The summed E-state index contributed by atoms with van der Waals surface area (Å²) in [6.07, 6.45) is 1.73. The number of hydrogen-bond acceptors (Lipinski definition) is 4. The molecular weight excluding hydrogens is 378 g/mol. The summed E-state index contributed by atoms with van der Waals surface area (Å²) in [5.41, 5.74) is 3.57. The molecular formula is C25H29NO4. The molecule has 5 heteroatoms. The monoisotopic (exact) mass is 407 g/mol. The molecule has 5 nitrogen and oxygen atoms in total. The van der Waals surface area contributed by atoms with E-state index in [-0.39, 0.29) is 36.2 Å². The normalized spacial score (nSPS) is 14.4. The molecule has 0 unspecified atom stereocenters. The van der Waals surface area contributed by atoms with Crippen LogP contribution in [-0.4, -0.2) is 42.6 Å². The van der Waals surface area contributed by atoms with E-state index in [2.05, 4.69) is 0 Å². The van der Waals surface area contributed by atoms with E-state index in [4.69, 9.17) is 4.74 Å². The van der Waals surface area contributed by atoms with Gasteiger partial charge in [-0.25, -0.2) is 0 Å². The Morgan fingerprint density at radius 3 is 2.13 bits per heavy atom. The predicted octanol–water partition coefficient (Wildman–Crippen LogP) is 4.40. The molecule has 0 bridgehead atoms. The summed E-state index contributed by atoms with van der Waals surface area (Å²) in [6.45, 7) is 5.11. The van der Waals surface area contributed by atoms with Crippen LogP contribution in [0.3, 0.4) is 0 Å². The lowest BCUT2D eigenvalue weighted by Gasteiger charge is -2.31. The van der Waals surface area contributed by atoms with E-state index in [0.29, 0.717) is 37.1 Å². The van der Waals surface area contributed by atoms with Crippen molar-refractivity contribution in [3.8, 4) is 5.75 Å². The van der Waals surface area contributed by atoms with Crippen LogP contribution in [-0.2, 0) is 4.79 Å². The molecule has 0 N–H and O–H groups in total. The summed E-state index contributed by atoms with van der Waals surface area (Å²) in [4.78, 5) is 39.5. The fourth-order valence-corrected chi connectivity index (χ4v) is 3.82. The van der Waals surface area contributed by atoms with Crippen molar-refractivity contribution in [1.82, 2.24) is 4.90 Å². The van der Waals surface area contributed by atoms with Crippen LogP contribution in [0.1, 0.15) is 57.5 Å². The molecule has 2 aromatic rings. The van der Waals surface area contributed by atoms with Crippen LogP contribution in [0.15, 0.2) is 42.5 Å².